The summed E-state index contributed by atoms with van der Waals surface area (Å²) in [6, 6.07) is 12.0. The van der Waals surface area contributed by atoms with Gasteiger partial charge in [-0.2, -0.15) is 5.01 Å². The van der Waals surface area contributed by atoms with Gasteiger partial charge in [-0.05, 0) is 36.8 Å². The maximum absolute atomic E-state index is 13.6. The Morgan fingerprint density at radius 2 is 1.48 bits per heavy atom. The fourth-order valence-electron chi connectivity index (χ4n) is 4.28. The van der Waals surface area contributed by atoms with Crippen LogP contribution in [0.3, 0.4) is 0 Å². The standard InChI is InChI=1S/C26H30N8O6/c1-15(35)26(14-31-23(38)18-4-2-16(3-5-18)12-20(27)28)25(40)33(13-21(36)37)10-11-34(26)32-24(39)19-8-6-17(7-9-19)22(29)30/h2-9H,10-14H2,1H3,(H3,27,28)(H3,29,30)(H,31,38)(H,32,39)(H,36,37). The highest BCUT2D eigenvalue weighted by atomic mass is 16.4. The molecule has 14 nitrogen and oxygen atoms in total. The normalized spacial score (nSPS) is 17.1. The molecule has 1 aliphatic heterocycles. The summed E-state index contributed by atoms with van der Waals surface area (Å²) in [4.78, 5) is 65.1. The molecule has 0 aliphatic carbocycles. The number of carboxylic acid groups (broad SMARTS) is 1. The predicted molar refractivity (Wildman–Crippen MR) is 144 cm³/mol. The highest BCUT2D eigenvalue weighted by Gasteiger charge is 2.54. The van der Waals surface area contributed by atoms with Crippen LogP contribution in [0.4, 0.5) is 0 Å². The third-order valence-corrected chi connectivity index (χ3v) is 6.41. The van der Waals surface area contributed by atoms with E-state index in [1.807, 2.05) is 0 Å². The van der Waals surface area contributed by atoms with Gasteiger partial charge in [0.05, 0.1) is 12.4 Å². The number of piperazine rings is 1. The maximum atomic E-state index is 13.6. The van der Waals surface area contributed by atoms with Gasteiger partial charge >= 0.3 is 5.97 Å². The van der Waals surface area contributed by atoms with Crippen molar-refractivity contribution in [1.29, 1.82) is 10.8 Å². The first-order chi connectivity index (χ1) is 18.8. The number of carbonyl (C=O) groups excluding carboxylic acids is 4. The van der Waals surface area contributed by atoms with Crippen LogP contribution in [-0.4, -0.2) is 87.9 Å². The largest absolute Gasteiger partial charge is 0.480 e. The molecular formula is C26H30N8O6. The van der Waals surface area contributed by atoms with Crippen LogP contribution in [0.2, 0.25) is 0 Å². The van der Waals surface area contributed by atoms with Crippen LogP contribution < -0.4 is 22.2 Å². The zero-order valence-corrected chi connectivity index (χ0v) is 21.7. The second-order valence-electron chi connectivity index (χ2n) is 9.20. The van der Waals surface area contributed by atoms with Crippen molar-refractivity contribution in [2.75, 3.05) is 26.2 Å². The lowest BCUT2D eigenvalue weighted by Gasteiger charge is -2.47. The Morgan fingerprint density at radius 1 is 0.925 bits per heavy atom. The van der Waals surface area contributed by atoms with E-state index in [-0.39, 0.29) is 42.3 Å². The zero-order valence-electron chi connectivity index (χ0n) is 21.7. The molecule has 40 heavy (non-hydrogen) atoms. The average Bonchev–Trinajstić information content (AvgIpc) is 2.89. The topological polar surface area (TPSA) is 236 Å². The van der Waals surface area contributed by atoms with Gasteiger partial charge in [-0.3, -0.25) is 40.2 Å². The number of hydrogen-bond acceptors (Lipinski definition) is 8. The number of benzene rings is 2. The van der Waals surface area contributed by atoms with E-state index in [1.54, 1.807) is 12.1 Å². The third kappa shape index (κ3) is 6.47. The highest BCUT2D eigenvalue weighted by molar-refractivity contribution is 6.12. The van der Waals surface area contributed by atoms with Gasteiger partial charge < -0.3 is 26.8 Å². The molecule has 1 saturated heterocycles. The molecular weight excluding hydrogens is 520 g/mol. The molecule has 14 heteroatoms. The Labute approximate surface area is 229 Å². The quantitative estimate of drug-likeness (QED) is 0.104. The van der Waals surface area contributed by atoms with Crippen LogP contribution in [0, 0.1) is 10.8 Å². The second kappa shape index (κ2) is 12.2. The molecule has 2 aromatic rings. The number of carbonyl (C=O) groups is 5. The molecule has 0 saturated carbocycles. The van der Waals surface area contributed by atoms with Crippen LogP contribution in [0.15, 0.2) is 48.5 Å². The fraction of sp³-hybridized carbons (Fsp3) is 0.269. The summed E-state index contributed by atoms with van der Waals surface area (Å²) in [7, 11) is 0. The Bertz CT molecular complexity index is 1360. The Hall–Kier alpha value is -5.11. The van der Waals surface area contributed by atoms with E-state index in [1.165, 1.54) is 36.4 Å². The van der Waals surface area contributed by atoms with Crippen molar-refractivity contribution in [1.82, 2.24) is 20.7 Å². The lowest BCUT2D eigenvalue weighted by atomic mass is 9.89. The molecule has 0 aromatic heterocycles. The monoisotopic (exact) mass is 550 g/mol. The average molecular weight is 551 g/mol. The number of amides is 3. The smallest absolute Gasteiger partial charge is 0.323 e. The SMILES string of the molecule is CC(=O)C1(CNC(=O)c2ccc(CC(=N)N)cc2)C(=O)N(CC(=O)O)CCN1NC(=O)c1ccc(C(=N)N)cc1. The van der Waals surface area contributed by atoms with Crippen LogP contribution in [-0.2, 0) is 20.8 Å². The minimum Gasteiger partial charge on any atom is -0.480 e. The Balaban J connectivity index is 1.89. The number of hydrogen-bond donors (Lipinski definition) is 7. The van der Waals surface area contributed by atoms with Crippen LogP contribution in [0.5, 0.6) is 0 Å². The number of amidine groups is 2. The summed E-state index contributed by atoms with van der Waals surface area (Å²) < 4.78 is 0. The van der Waals surface area contributed by atoms with Crippen molar-refractivity contribution in [3.05, 3.63) is 70.8 Å². The molecule has 9 N–H and O–H groups in total. The molecule has 1 aliphatic rings. The minimum absolute atomic E-state index is 0.0424. The summed E-state index contributed by atoms with van der Waals surface area (Å²) >= 11 is 0. The summed E-state index contributed by atoms with van der Waals surface area (Å²) in [5.74, 6) is -4.43. The van der Waals surface area contributed by atoms with Crippen molar-refractivity contribution in [2.45, 2.75) is 18.9 Å². The van der Waals surface area contributed by atoms with Crippen LogP contribution in [0.25, 0.3) is 0 Å². The van der Waals surface area contributed by atoms with E-state index in [0.29, 0.717) is 11.1 Å². The van der Waals surface area contributed by atoms with Gasteiger partial charge in [0.2, 0.25) is 0 Å². The molecule has 3 amide bonds. The van der Waals surface area contributed by atoms with E-state index in [2.05, 4.69) is 10.7 Å². The van der Waals surface area contributed by atoms with Gasteiger partial charge in [0, 0.05) is 36.2 Å². The van der Waals surface area contributed by atoms with Crippen molar-refractivity contribution in [3.63, 3.8) is 0 Å². The number of aliphatic carboxylic acids is 1. The van der Waals surface area contributed by atoms with Gasteiger partial charge in [0.25, 0.3) is 17.7 Å². The number of rotatable bonds is 11. The number of carboxylic acids is 1. The first-order valence-corrected chi connectivity index (χ1v) is 12.1. The van der Waals surface area contributed by atoms with Crippen molar-refractivity contribution in [3.8, 4) is 0 Å². The lowest BCUT2D eigenvalue weighted by molar-refractivity contribution is -0.164. The molecule has 210 valence electrons. The molecule has 3 rings (SSSR count). The van der Waals surface area contributed by atoms with Crippen LogP contribution in [0.1, 0.15) is 38.8 Å². The Kier molecular flexibility index (Phi) is 8.96. The van der Waals surface area contributed by atoms with Gasteiger partial charge in [0.15, 0.2) is 11.3 Å². The minimum atomic E-state index is -2.13. The number of nitrogens with zero attached hydrogens (tertiary/aromatic N) is 2. The summed E-state index contributed by atoms with van der Waals surface area (Å²) in [5.41, 5.74) is 12.7. The first-order valence-electron chi connectivity index (χ1n) is 12.1. The number of nitrogens with one attached hydrogen (secondary N) is 4. The number of Topliss-reactive ketones (excluding diaryl/α,β-unsaturated/α-hetero) is 1. The van der Waals surface area contributed by atoms with Gasteiger partial charge in [-0.25, -0.2) is 0 Å². The van der Waals surface area contributed by atoms with Gasteiger partial charge in [0.1, 0.15) is 12.4 Å². The number of nitrogens with two attached hydrogens (primary N) is 2. The van der Waals surface area contributed by atoms with E-state index in [4.69, 9.17) is 22.3 Å². The Morgan fingerprint density at radius 3 is 2.00 bits per heavy atom. The lowest BCUT2D eigenvalue weighted by Crippen LogP contribution is -2.76. The van der Waals surface area contributed by atoms with E-state index < -0.39 is 48.1 Å². The second-order valence-corrected chi connectivity index (χ2v) is 9.20. The summed E-state index contributed by atoms with van der Waals surface area (Å²) in [6.45, 7) is -0.324. The highest BCUT2D eigenvalue weighted by Crippen LogP contribution is 2.24. The summed E-state index contributed by atoms with van der Waals surface area (Å²) in [6.07, 6.45) is 0.204. The molecule has 1 heterocycles. The molecule has 1 fully saturated rings. The maximum Gasteiger partial charge on any atom is 0.323 e. The van der Waals surface area contributed by atoms with E-state index >= 15 is 0 Å². The molecule has 1 unspecified atom stereocenters. The van der Waals surface area contributed by atoms with Crippen molar-refractivity contribution < 1.29 is 29.1 Å². The first kappa shape index (κ1) is 29.4. The van der Waals surface area contributed by atoms with Gasteiger partial charge in [-0.1, -0.05) is 24.3 Å². The van der Waals surface area contributed by atoms with E-state index in [9.17, 15) is 29.1 Å². The molecule has 0 bridgehead atoms. The molecule has 0 spiro atoms. The number of hydrazine groups is 1. The zero-order chi connectivity index (χ0) is 29.6. The number of ketones is 1. The summed E-state index contributed by atoms with van der Waals surface area (Å²) in [5, 5.41) is 27.8. The van der Waals surface area contributed by atoms with E-state index in [0.717, 1.165) is 16.8 Å². The predicted octanol–water partition coefficient (Wildman–Crippen LogP) is -0.919. The number of nitrogen functional groups attached to an aromatic ring is 1. The fourth-order valence-corrected chi connectivity index (χ4v) is 4.28. The van der Waals surface area contributed by atoms with Crippen LogP contribution >= 0.6 is 0 Å². The third-order valence-electron chi connectivity index (χ3n) is 6.41. The molecule has 0 radical (unpaired) electrons. The van der Waals surface area contributed by atoms with Crippen molar-refractivity contribution >= 4 is 41.1 Å². The molecule has 2 aromatic carbocycles. The van der Waals surface area contributed by atoms with Gasteiger partial charge in [-0.15, -0.1) is 0 Å². The van der Waals surface area contributed by atoms with Crippen molar-refractivity contribution in [2.24, 2.45) is 11.5 Å². The molecule has 1 atom stereocenters.